The second kappa shape index (κ2) is 4.36. The molecule has 1 aliphatic rings. The minimum atomic E-state index is -1.44. The molecule has 1 heterocycles. The summed E-state index contributed by atoms with van der Waals surface area (Å²) in [5.41, 5.74) is 0. The Balaban J connectivity index is 2.86. The van der Waals surface area contributed by atoms with Crippen molar-refractivity contribution in [2.75, 3.05) is 6.61 Å². The molecule has 78 valence electrons. The van der Waals surface area contributed by atoms with Crippen LogP contribution in [0.5, 0.6) is 0 Å². The molecule has 1 unspecified atom stereocenters. The van der Waals surface area contributed by atoms with Crippen LogP contribution in [0.4, 0.5) is 0 Å². The van der Waals surface area contributed by atoms with Crippen LogP contribution in [0.15, 0.2) is 11.5 Å². The standard InChI is InChI=1S/C6H7O7P/c7-1-2(8)4-3(9)5(13-14-11)6(10)12-4/h2,4,7-9H,1H2/t2?,4-/m1/s1. The minimum absolute atomic E-state index is 0.626. The van der Waals surface area contributed by atoms with E-state index in [1.807, 2.05) is 0 Å². The van der Waals surface area contributed by atoms with Gasteiger partial charge in [-0.3, -0.25) is 0 Å². The molecule has 0 amide bonds. The largest absolute Gasteiger partial charge is 0.505 e. The SMILES string of the molecule is O=POC1=C(O)[C@@H](C(O)CO)OC1=O. The van der Waals surface area contributed by atoms with Gasteiger partial charge in [0.05, 0.1) is 6.61 Å². The van der Waals surface area contributed by atoms with E-state index in [0.29, 0.717) is 0 Å². The quantitative estimate of drug-likeness (QED) is 0.424. The van der Waals surface area contributed by atoms with Crippen LogP contribution >= 0.6 is 8.69 Å². The molecule has 3 N–H and O–H groups in total. The molecule has 0 radical (unpaired) electrons. The van der Waals surface area contributed by atoms with E-state index in [0.717, 1.165) is 0 Å². The van der Waals surface area contributed by atoms with Crippen molar-refractivity contribution in [1.29, 1.82) is 0 Å². The Morgan fingerprint density at radius 1 is 1.64 bits per heavy atom. The third kappa shape index (κ3) is 1.84. The first-order valence-corrected chi connectivity index (χ1v) is 4.27. The van der Waals surface area contributed by atoms with Crippen LogP contribution in [0.1, 0.15) is 0 Å². The highest BCUT2D eigenvalue weighted by Gasteiger charge is 2.40. The Labute approximate surface area is 79.8 Å². The molecule has 0 spiro atoms. The summed E-state index contributed by atoms with van der Waals surface area (Å²) in [4.78, 5) is 10.9. The molecule has 7 nitrogen and oxygen atoms in total. The summed E-state index contributed by atoms with van der Waals surface area (Å²) in [6.07, 6.45) is -2.81. The van der Waals surface area contributed by atoms with Gasteiger partial charge in [0.15, 0.2) is 11.9 Å². The van der Waals surface area contributed by atoms with Crippen molar-refractivity contribution in [3.05, 3.63) is 11.5 Å². The first-order chi connectivity index (χ1) is 6.61. The molecule has 8 heteroatoms. The molecule has 0 fully saturated rings. The van der Waals surface area contributed by atoms with Crippen molar-refractivity contribution in [1.82, 2.24) is 0 Å². The number of ether oxygens (including phenoxy) is 1. The molecule has 0 saturated carbocycles. The van der Waals surface area contributed by atoms with E-state index in [1.54, 1.807) is 0 Å². The molecule has 0 aromatic rings. The lowest BCUT2D eigenvalue weighted by atomic mass is 10.2. The van der Waals surface area contributed by atoms with E-state index >= 15 is 0 Å². The predicted molar refractivity (Wildman–Crippen MR) is 41.3 cm³/mol. The summed E-state index contributed by atoms with van der Waals surface area (Å²) in [7, 11) is -0.825. The van der Waals surface area contributed by atoms with Gasteiger partial charge >= 0.3 is 14.7 Å². The van der Waals surface area contributed by atoms with Crippen LogP contribution in [0.25, 0.3) is 0 Å². The highest BCUT2D eigenvalue weighted by Crippen LogP contribution is 2.26. The second-order valence-corrected chi connectivity index (χ2v) is 2.79. The summed E-state index contributed by atoms with van der Waals surface area (Å²) in [6.45, 7) is -0.690. The van der Waals surface area contributed by atoms with Crippen molar-refractivity contribution in [2.24, 2.45) is 0 Å². The van der Waals surface area contributed by atoms with E-state index in [-0.39, 0.29) is 0 Å². The maximum absolute atomic E-state index is 10.9. The molecular weight excluding hydrogens is 215 g/mol. The fourth-order valence-electron chi connectivity index (χ4n) is 0.936. The summed E-state index contributed by atoms with van der Waals surface area (Å²) in [5, 5.41) is 26.9. The van der Waals surface area contributed by atoms with Gasteiger partial charge in [0, 0.05) is 0 Å². The van der Waals surface area contributed by atoms with Gasteiger partial charge in [0.1, 0.15) is 6.10 Å². The van der Waals surface area contributed by atoms with Crippen LogP contribution in [0, 0.1) is 0 Å². The van der Waals surface area contributed by atoms with Crippen LogP contribution in [0.2, 0.25) is 0 Å². The molecule has 1 aliphatic heterocycles. The Morgan fingerprint density at radius 3 is 2.79 bits per heavy atom. The zero-order chi connectivity index (χ0) is 10.7. The smallest absolute Gasteiger partial charge is 0.396 e. The normalized spacial score (nSPS) is 23.9. The summed E-state index contributed by atoms with van der Waals surface area (Å²) in [6, 6.07) is 0. The molecule has 1 rings (SSSR count). The number of aliphatic hydroxyl groups is 3. The van der Waals surface area contributed by atoms with Crippen LogP contribution < -0.4 is 0 Å². The van der Waals surface area contributed by atoms with Crippen LogP contribution in [0.3, 0.4) is 0 Å². The van der Waals surface area contributed by atoms with Gasteiger partial charge in [-0.2, -0.15) is 0 Å². The van der Waals surface area contributed by atoms with Gasteiger partial charge in [-0.15, -0.1) is 0 Å². The Bertz CT molecular complexity index is 286. The average molecular weight is 222 g/mol. The summed E-state index contributed by atoms with van der Waals surface area (Å²) in [5.74, 6) is -2.34. The topological polar surface area (TPSA) is 113 Å². The van der Waals surface area contributed by atoms with Crippen molar-refractivity contribution >= 4 is 14.7 Å². The Kier molecular flexibility index (Phi) is 3.40. The highest BCUT2D eigenvalue weighted by atomic mass is 31.1. The lowest BCUT2D eigenvalue weighted by Crippen LogP contribution is -2.31. The maximum atomic E-state index is 10.9. The Morgan fingerprint density at radius 2 is 2.29 bits per heavy atom. The number of carbonyl (C=O) groups is 1. The fourth-order valence-corrected chi connectivity index (χ4v) is 1.18. The highest BCUT2D eigenvalue weighted by molar-refractivity contribution is 7.17. The zero-order valence-electron chi connectivity index (χ0n) is 6.78. The molecule has 0 aromatic carbocycles. The molecule has 0 bridgehead atoms. The molecular formula is C6H7O7P. The Hall–Kier alpha value is -1.17. The lowest BCUT2D eigenvalue weighted by molar-refractivity contribution is -0.147. The van der Waals surface area contributed by atoms with Crippen molar-refractivity contribution in [3.8, 4) is 0 Å². The summed E-state index contributed by atoms with van der Waals surface area (Å²) < 4.78 is 18.7. The molecule has 0 aliphatic carbocycles. The predicted octanol–water partition coefficient (Wildman–Crippen LogP) is -0.742. The van der Waals surface area contributed by atoms with Crippen LogP contribution in [-0.2, 0) is 18.6 Å². The number of carbonyl (C=O) groups excluding carboxylic acids is 1. The summed E-state index contributed by atoms with van der Waals surface area (Å²) >= 11 is 0. The van der Waals surface area contributed by atoms with Crippen molar-refractivity contribution < 1.29 is 33.9 Å². The van der Waals surface area contributed by atoms with Gasteiger partial charge in [0.25, 0.3) is 5.76 Å². The van der Waals surface area contributed by atoms with E-state index in [2.05, 4.69) is 9.26 Å². The average Bonchev–Trinajstić information content (AvgIpc) is 2.45. The number of hydrogen-bond donors (Lipinski definition) is 3. The monoisotopic (exact) mass is 222 g/mol. The van der Waals surface area contributed by atoms with Gasteiger partial charge in [-0.1, -0.05) is 0 Å². The molecule has 0 saturated heterocycles. The van der Waals surface area contributed by atoms with E-state index in [1.165, 1.54) is 0 Å². The van der Waals surface area contributed by atoms with E-state index in [9.17, 15) is 14.5 Å². The third-order valence-corrected chi connectivity index (χ3v) is 1.84. The van der Waals surface area contributed by atoms with E-state index in [4.69, 9.17) is 10.2 Å². The molecule has 2 atom stereocenters. The van der Waals surface area contributed by atoms with Crippen LogP contribution in [-0.4, -0.2) is 40.1 Å². The van der Waals surface area contributed by atoms with E-state index < -0.39 is 45.0 Å². The molecule has 14 heavy (non-hydrogen) atoms. The second-order valence-electron chi connectivity index (χ2n) is 2.46. The van der Waals surface area contributed by atoms with Crippen molar-refractivity contribution in [2.45, 2.75) is 12.2 Å². The number of esters is 1. The van der Waals surface area contributed by atoms with Gasteiger partial charge in [0.2, 0.25) is 0 Å². The van der Waals surface area contributed by atoms with Gasteiger partial charge < -0.3 is 24.6 Å². The zero-order valence-corrected chi connectivity index (χ0v) is 7.68. The number of aliphatic hydroxyl groups excluding tert-OH is 3. The number of rotatable bonds is 4. The third-order valence-electron chi connectivity index (χ3n) is 1.59. The van der Waals surface area contributed by atoms with Crippen molar-refractivity contribution in [3.63, 3.8) is 0 Å². The fraction of sp³-hybridized carbons (Fsp3) is 0.500. The van der Waals surface area contributed by atoms with Gasteiger partial charge in [-0.05, 0) is 0 Å². The minimum Gasteiger partial charge on any atom is -0.505 e. The lowest BCUT2D eigenvalue weighted by Gasteiger charge is -2.13. The number of cyclic esters (lactones) is 1. The first-order valence-electron chi connectivity index (χ1n) is 3.54. The molecule has 0 aromatic heterocycles. The first kappa shape index (κ1) is 10.9. The van der Waals surface area contributed by atoms with Gasteiger partial charge in [-0.25, -0.2) is 9.36 Å². The number of hydrogen-bond acceptors (Lipinski definition) is 7. The maximum Gasteiger partial charge on any atom is 0.396 e.